The lowest BCUT2D eigenvalue weighted by Crippen LogP contribution is -2.51. The van der Waals surface area contributed by atoms with Crippen LogP contribution in [-0.4, -0.2) is 16.8 Å². The zero-order valence-corrected chi connectivity index (χ0v) is 9.45. The normalized spacial score (nSPS) is 28.1. The van der Waals surface area contributed by atoms with E-state index in [1.165, 1.54) is 0 Å². The summed E-state index contributed by atoms with van der Waals surface area (Å²) in [7, 11) is 0. The van der Waals surface area contributed by atoms with E-state index in [9.17, 15) is 5.11 Å². The number of hydrogen-bond donors (Lipinski definition) is 2. The summed E-state index contributed by atoms with van der Waals surface area (Å²) in [5.41, 5.74) is 6.04. The molecule has 0 spiro atoms. The van der Waals surface area contributed by atoms with Crippen molar-refractivity contribution in [1.82, 2.24) is 0 Å². The van der Waals surface area contributed by atoms with Gasteiger partial charge in [0.15, 0.2) is 0 Å². The van der Waals surface area contributed by atoms with Gasteiger partial charge in [-0.05, 0) is 32.0 Å². The van der Waals surface area contributed by atoms with Gasteiger partial charge in [-0.15, -0.1) is 0 Å². The topological polar surface area (TPSA) is 55.5 Å². The number of aliphatic hydroxyl groups excluding tert-OH is 1. The molecule has 0 fully saturated rings. The van der Waals surface area contributed by atoms with Crippen molar-refractivity contribution in [2.45, 2.75) is 31.6 Å². The Labute approximate surface area is 93.8 Å². The summed E-state index contributed by atoms with van der Waals surface area (Å²) in [4.78, 5) is 0. The minimum absolute atomic E-state index is 0.456. The summed E-state index contributed by atoms with van der Waals surface area (Å²) in [5.74, 6) is 0.696. The molecule has 0 radical (unpaired) electrons. The molecule has 0 saturated heterocycles. The summed E-state index contributed by atoms with van der Waals surface area (Å²) in [6.07, 6.45) is -0.733. The molecule has 0 unspecified atom stereocenters. The maximum atomic E-state index is 9.95. The highest BCUT2D eigenvalue weighted by Gasteiger charge is 2.41. The van der Waals surface area contributed by atoms with Crippen LogP contribution in [-0.2, 0) is 0 Å². The number of halogens is 1. The Bertz CT molecular complexity index is 392. The SMILES string of the molecule is CC1(C)Oc2ccc(Cl)cc2[C@H](N)[C@H]1O. The number of rotatable bonds is 0. The van der Waals surface area contributed by atoms with Gasteiger partial charge in [0.1, 0.15) is 17.5 Å². The smallest absolute Gasteiger partial charge is 0.131 e. The minimum Gasteiger partial charge on any atom is -0.485 e. The summed E-state index contributed by atoms with van der Waals surface area (Å²) in [5, 5.41) is 10.5. The summed E-state index contributed by atoms with van der Waals surface area (Å²) >= 11 is 5.87. The van der Waals surface area contributed by atoms with E-state index >= 15 is 0 Å². The molecule has 1 heterocycles. The first kappa shape index (κ1) is 10.7. The van der Waals surface area contributed by atoms with Crippen LogP contribution in [0.2, 0.25) is 5.02 Å². The molecule has 15 heavy (non-hydrogen) atoms. The van der Waals surface area contributed by atoms with E-state index in [0.29, 0.717) is 10.8 Å². The van der Waals surface area contributed by atoms with Gasteiger partial charge < -0.3 is 15.6 Å². The van der Waals surface area contributed by atoms with Crippen LogP contribution < -0.4 is 10.5 Å². The Morgan fingerprint density at radius 1 is 1.47 bits per heavy atom. The van der Waals surface area contributed by atoms with Gasteiger partial charge in [0.05, 0.1) is 6.04 Å². The zero-order valence-electron chi connectivity index (χ0n) is 8.70. The highest BCUT2D eigenvalue weighted by molar-refractivity contribution is 6.30. The molecule has 0 saturated carbocycles. The van der Waals surface area contributed by atoms with Crippen molar-refractivity contribution in [2.75, 3.05) is 0 Å². The first-order chi connectivity index (χ1) is 6.92. The molecule has 0 bridgehead atoms. The van der Waals surface area contributed by atoms with Crippen LogP contribution in [0.15, 0.2) is 18.2 Å². The van der Waals surface area contributed by atoms with E-state index in [2.05, 4.69) is 0 Å². The standard InChI is InChI=1S/C11H14ClNO2/c1-11(2)10(14)9(13)7-5-6(12)3-4-8(7)15-11/h3-5,9-10,14H,13H2,1-2H3/t9-,10+/m0/s1. The molecule has 0 amide bonds. The molecule has 82 valence electrons. The van der Waals surface area contributed by atoms with Gasteiger partial charge in [-0.3, -0.25) is 0 Å². The van der Waals surface area contributed by atoms with Gasteiger partial charge in [0.25, 0.3) is 0 Å². The minimum atomic E-state index is -0.733. The van der Waals surface area contributed by atoms with Crippen molar-refractivity contribution < 1.29 is 9.84 Å². The predicted octanol–water partition coefficient (Wildman–Crippen LogP) is 1.87. The van der Waals surface area contributed by atoms with Crippen LogP contribution >= 0.6 is 11.6 Å². The van der Waals surface area contributed by atoms with E-state index in [0.717, 1.165) is 5.56 Å². The van der Waals surface area contributed by atoms with Gasteiger partial charge in [-0.2, -0.15) is 0 Å². The van der Waals surface area contributed by atoms with Crippen LogP contribution in [0.4, 0.5) is 0 Å². The van der Waals surface area contributed by atoms with Crippen LogP contribution in [0.5, 0.6) is 5.75 Å². The molecule has 2 rings (SSSR count). The number of benzene rings is 1. The monoisotopic (exact) mass is 227 g/mol. The Kier molecular flexibility index (Phi) is 2.41. The van der Waals surface area contributed by atoms with Crippen molar-refractivity contribution >= 4 is 11.6 Å². The molecule has 3 nitrogen and oxygen atoms in total. The molecular weight excluding hydrogens is 214 g/mol. The Morgan fingerprint density at radius 2 is 2.13 bits per heavy atom. The quantitative estimate of drug-likeness (QED) is 0.712. The van der Waals surface area contributed by atoms with Crippen molar-refractivity contribution in [3.8, 4) is 5.75 Å². The van der Waals surface area contributed by atoms with E-state index in [1.54, 1.807) is 18.2 Å². The zero-order chi connectivity index (χ0) is 11.2. The fourth-order valence-corrected chi connectivity index (χ4v) is 2.00. The fraction of sp³-hybridized carbons (Fsp3) is 0.455. The molecule has 1 aromatic rings. The van der Waals surface area contributed by atoms with Gasteiger partial charge in [0, 0.05) is 10.6 Å². The Balaban J connectivity index is 2.50. The third-order valence-corrected chi connectivity index (χ3v) is 2.99. The van der Waals surface area contributed by atoms with Gasteiger partial charge in [-0.1, -0.05) is 11.6 Å². The van der Waals surface area contributed by atoms with E-state index in [1.807, 2.05) is 13.8 Å². The van der Waals surface area contributed by atoms with Crippen molar-refractivity contribution in [1.29, 1.82) is 0 Å². The first-order valence-electron chi connectivity index (χ1n) is 4.84. The number of fused-ring (bicyclic) bond motifs is 1. The highest BCUT2D eigenvalue weighted by atomic mass is 35.5. The molecule has 1 aliphatic rings. The molecule has 0 aromatic heterocycles. The lowest BCUT2D eigenvalue weighted by Gasteiger charge is -2.40. The lowest BCUT2D eigenvalue weighted by atomic mass is 9.87. The second-order valence-electron chi connectivity index (χ2n) is 4.36. The second kappa shape index (κ2) is 3.37. The Hall–Kier alpha value is -0.770. The average Bonchev–Trinajstić information content (AvgIpc) is 2.16. The van der Waals surface area contributed by atoms with E-state index in [4.69, 9.17) is 22.1 Å². The molecule has 2 atom stereocenters. The van der Waals surface area contributed by atoms with Crippen LogP contribution in [0.1, 0.15) is 25.5 Å². The molecule has 1 aliphatic heterocycles. The maximum Gasteiger partial charge on any atom is 0.131 e. The first-order valence-corrected chi connectivity index (χ1v) is 5.22. The number of ether oxygens (including phenoxy) is 1. The van der Waals surface area contributed by atoms with Crippen LogP contribution in [0.25, 0.3) is 0 Å². The highest BCUT2D eigenvalue weighted by Crippen LogP contribution is 2.39. The summed E-state index contributed by atoms with van der Waals surface area (Å²) in [6, 6.07) is 4.81. The van der Waals surface area contributed by atoms with Crippen molar-refractivity contribution in [3.05, 3.63) is 28.8 Å². The molecule has 3 N–H and O–H groups in total. The number of aliphatic hydroxyl groups is 1. The van der Waals surface area contributed by atoms with Crippen molar-refractivity contribution in [3.63, 3.8) is 0 Å². The third-order valence-electron chi connectivity index (χ3n) is 2.76. The lowest BCUT2D eigenvalue weighted by molar-refractivity contribution is -0.0571. The predicted molar refractivity (Wildman–Crippen MR) is 59.1 cm³/mol. The van der Waals surface area contributed by atoms with E-state index in [-0.39, 0.29) is 0 Å². The van der Waals surface area contributed by atoms with E-state index < -0.39 is 17.7 Å². The molecular formula is C11H14ClNO2. The largest absolute Gasteiger partial charge is 0.485 e. The maximum absolute atomic E-state index is 9.95. The number of nitrogens with two attached hydrogens (primary N) is 1. The molecule has 1 aromatic carbocycles. The second-order valence-corrected chi connectivity index (χ2v) is 4.79. The van der Waals surface area contributed by atoms with Gasteiger partial charge >= 0.3 is 0 Å². The summed E-state index contributed by atoms with van der Waals surface area (Å²) in [6.45, 7) is 3.63. The average molecular weight is 228 g/mol. The van der Waals surface area contributed by atoms with Gasteiger partial charge in [-0.25, -0.2) is 0 Å². The van der Waals surface area contributed by atoms with Crippen LogP contribution in [0.3, 0.4) is 0 Å². The number of hydrogen-bond acceptors (Lipinski definition) is 3. The Morgan fingerprint density at radius 3 is 2.80 bits per heavy atom. The molecule has 0 aliphatic carbocycles. The molecule has 4 heteroatoms. The third kappa shape index (κ3) is 1.71. The fourth-order valence-electron chi connectivity index (χ4n) is 1.82. The van der Waals surface area contributed by atoms with Crippen LogP contribution in [0, 0.1) is 0 Å². The van der Waals surface area contributed by atoms with Crippen molar-refractivity contribution in [2.24, 2.45) is 5.73 Å². The van der Waals surface area contributed by atoms with Gasteiger partial charge in [0.2, 0.25) is 0 Å². The summed E-state index contributed by atoms with van der Waals surface area (Å²) < 4.78 is 5.67.